The fraction of sp³-hybridized carbons (Fsp3) is 0.500. The van der Waals surface area contributed by atoms with Crippen LogP contribution in [-0.4, -0.2) is 25.3 Å². The molecule has 1 aliphatic heterocycles. The number of ketones is 1. The molecule has 0 radical (unpaired) electrons. The summed E-state index contributed by atoms with van der Waals surface area (Å²) in [7, 11) is 1.61. The van der Waals surface area contributed by atoms with Gasteiger partial charge in [-0.15, -0.1) is 0 Å². The van der Waals surface area contributed by atoms with E-state index in [1.54, 1.807) is 12.0 Å². The Hall–Kier alpha value is -1.84. The highest BCUT2D eigenvalue weighted by Gasteiger charge is 2.34. The number of benzene rings is 1. The number of Topliss-reactive ketones (excluding diaryl/α,β-unsaturated/α-hetero) is 1. The molecule has 20 heavy (non-hydrogen) atoms. The first-order chi connectivity index (χ1) is 9.51. The van der Waals surface area contributed by atoms with E-state index in [9.17, 15) is 9.59 Å². The van der Waals surface area contributed by atoms with Gasteiger partial charge in [0.1, 0.15) is 11.5 Å². The first-order valence-electron chi connectivity index (χ1n) is 6.98. The van der Waals surface area contributed by atoms with Crippen LogP contribution < -0.4 is 9.64 Å². The fourth-order valence-electron chi connectivity index (χ4n) is 2.50. The molecule has 0 spiro atoms. The van der Waals surface area contributed by atoms with Crippen LogP contribution in [0.4, 0.5) is 5.69 Å². The number of rotatable bonds is 5. The van der Waals surface area contributed by atoms with Crippen LogP contribution in [-0.2, 0) is 9.59 Å². The number of anilines is 1. The molecule has 0 saturated carbocycles. The van der Waals surface area contributed by atoms with Gasteiger partial charge in [0.05, 0.1) is 7.11 Å². The molecule has 0 aliphatic carbocycles. The van der Waals surface area contributed by atoms with E-state index in [1.165, 1.54) is 0 Å². The summed E-state index contributed by atoms with van der Waals surface area (Å²) in [4.78, 5) is 25.8. The zero-order valence-electron chi connectivity index (χ0n) is 12.3. The summed E-state index contributed by atoms with van der Waals surface area (Å²) < 4.78 is 5.10. The predicted octanol–water partition coefficient (Wildman–Crippen LogP) is 2.66. The lowest BCUT2D eigenvalue weighted by Crippen LogP contribution is -2.26. The fourth-order valence-corrected chi connectivity index (χ4v) is 2.50. The van der Waals surface area contributed by atoms with Crippen LogP contribution in [0.15, 0.2) is 24.3 Å². The first kappa shape index (κ1) is 14.6. The van der Waals surface area contributed by atoms with Gasteiger partial charge in [-0.25, -0.2) is 0 Å². The summed E-state index contributed by atoms with van der Waals surface area (Å²) in [5.41, 5.74) is 0.829. The van der Waals surface area contributed by atoms with Crippen LogP contribution in [0.1, 0.15) is 26.7 Å². The van der Waals surface area contributed by atoms with Gasteiger partial charge in [0.25, 0.3) is 0 Å². The number of amides is 1. The minimum atomic E-state index is -0.160. The van der Waals surface area contributed by atoms with E-state index in [0.717, 1.165) is 11.4 Å². The molecular formula is C16H21NO3. The molecule has 108 valence electrons. The van der Waals surface area contributed by atoms with E-state index in [1.807, 2.05) is 38.1 Å². The third-order valence-electron chi connectivity index (χ3n) is 3.57. The van der Waals surface area contributed by atoms with Crippen LogP contribution in [0.25, 0.3) is 0 Å². The monoisotopic (exact) mass is 275 g/mol. The van der Waals surface area contributed by atoms with Gasteiger partial charge in [0, 0.05) is 31.0 Å². The summed E-state index contributed by atoms with van der Waals surface area (Å²) in [6.07, 6.45) is 0.881. The van der Waals surface area contributed by atoms with Crippen molar-refractivity contribution in [2.45, 2.75) is 26.7 Å². The van der Waals surface area contributed by atoms with E-state index in [-0.39, 0.29) is 17.6 Å². The molecule has 1 saturated heterocycles. The van der Waals surface area contributed by atoms with Crippen molar-refractivity contribution >= 4 is 17.4 Å². The maximum Gasteiger partial charge on any atom is 0.227 e. The molecule has 4 nitrogen and oxygen atoms in total. The number of carbonyl (C=O) groups excluding carboxylic acids is 2. The molecule has 1 aromatic carbocycles. The predicted molar refractivity (Wildman–Crippen MR) is 77.9 cm³/mol. The highest BCUT2D eigenvalue weighted by Crippen LogP contribution is 2.28. The summed E-state index contributed by atoms with van der Waals surface area (Å²) in [6.45, 7) is 4.54. The average molecular weight is 275 g/mol. The molecule has 1 aliphatic rings. The molecule has 0 aromatic heterocycles. The van der Waals surface area contributed by atoms with Gasteiger partial charge in [-0.2, -0.15) is 0 Å². The molecule has 1 atom stereocenters. The second-order valence-electron chi connectivity index (χ2n) is 5.67. The van der Waals surface area contributed by atoms with E-state index in [0.29, 0.717) is 25.3 Å². The molecule has 0 bridgehead atoms. The lowest BCUT2D eigenvalue weighted by Gasteiger charge is -2.17. The summed E-state index contributed by atoms with van der Waals surface area (Å²) in [5, 5.41) is 0. The molecule has 1 fully saturated rings. The highest BCUT2D eigenvalue weighted by atomic mass is 16.5. The lowest BCUT2D eigenvalue weighted by atomic mass is 9.95. The summed E-state index contributed by atoms with van der Waals surface area (Å²) >= 11 is 0. The minimum Gasteiger partial charge on any atom is -0.497 e. The van der Waals surface area contributed by atoms with Crippen LogP contribution in [0.2, 0.25) is 0 Å². The van der Waals surface area contributed by atoms with Crippen molar-refractivity contribution < 1.29 is 14.3 Å². The van der Waals surface area contributed by atoms with Gasteiger partial charge in [-0.05, 0) is 30.2 Å². The minimum absolute atomic E-state index is 0.0253. The van der Waals surface area contributed by atoms with Crippen molar-refractivity contribution in [2.24, 2.45) is 11.8 Å². The van der Waals surface area contributed by atoms with Gasteiger partial charge in [0.2, 0.25) is 5.91 Å². The molecular weight excluding hydrogens is 254 g/mol. The smallest absolute Gasteiger partial charge is 0.227 e. The van der Waals surface area contributed by atoms with E-state index < -0.39 is 0 Å². The molecule has 1 heterocycles. The van der Waals surface area contributed by atoms with Crippen molar-refractivity contribution in [1.29, 1.82) is 0 Å². The molecule has 4 heteroatoms. The number of hydrogen-bond acceptors (Lipinski definition) is 3. The van der Waals surface area contributed by atoms with Crippen molar-refractivity contribution in [2.75, 3.05) is 18.6 Å². The Labute approximate surface area is 119 Å². The first-order valence-corrected chi connectivity index (χ1v) is 6.98. The third-order valence-corrected chi connectivity index (χ3v) is 3.57. The number of hydrogen-bond donors (Lipinski definition) is 0. The van der Waals surface area contributed by atoms with Gasteiger partial charge < -0.3 is 9.64 Å². The Morgan fingerprint density at radius 3 is 2.55 bits per heavy atom. The summed E-state index contributed by atoms with van der Waals surface area (Å²) in [6, 6.07) is 7.36. The van der Waals surface area contributed by atoms with E-state index in [4.69, 9.17) is 4.74 Å². The van der Waals surface area contributed by atoms with Crippen molar-refractivity contribution in [1.82, 2.24) is 0 Å². The lowest BCUT2D eigenvalue weighted by molar-refractivity contribution is -0.125. The zero-order chi connectivity index (χ0) is 14.7. The number of methoxy groups -OCH3 is 1. The Kier molecular flexibility index (Phi) is 4.42. The molecule has 1 aromatic rings. The third kappa shape index (κ3) is 3.18. The topological polar surface area (TPSA) is 46.6 Å². The number of ether oxygens (including phenoxy) is 1. The summed E-state index contributed by atoms with van der Waals surface area (Å²) in [5.74, 6) is 1.16. The Morgan fingerprint density at radius 2 is 2.00 bits per heavy atom. The average Bonchev–Trinajstić information content (AvgIpc) is 2.80. The van der Waals surface area contributed by atoms with Crippen molar-refractivity contribution in [3.63, 3.8) is 0 Å². The standard InChI is InChI=1S/C16H21NO3/c1-11(2)8-15(18)12-9-16(19)17(10-12)13-4-6-14(20-3)7-5-13/h4-7,11-12H,8-10H2,1-3H3. The molecule has 1 unspecified atom stereocenters. The van der Waals surface area contributed by atoms with Crippen molar-refractivity contribution in [3.8, 4) is 5.75 Å². The van der Waals surface area contributed by atoms with Gasteiger partial charge >= 0.3 is 0 Å². The van der Waals surface area contributed by atoms with Gasteiger partial charge in [0.15, 0.2) is 0 Å². The highest BCUT2D eigenvalue weighted by molar-refractivity contribution is 6.00. The molecule has 2 rings (SSSR count). The quantitative estimate of drug-likeness (QED) is 0.830. The van der Waals surface area contributed by atoms with Crippen LogP contribution in [0.5, 0.6) is 5.75 Å². The van der Waals surface area contributed by atoms with E-state index >= 15 is 0 Å². The van der Waals surface area contributed by atoms with Gasteiger partial charge in [-0.3, -0.25) is 9.59 Å². The molecule has 1 amide bonds. The van der Waals surface area contributed by atoms with Gasteiger partial charge in [-0.1, -0.05) is 13.8 Å². The Bertz CT molecular complexity index is 493. The number of carbonyl (C=O) groups is 2. The van der Waals surface area contributed by atoms with Crippen LogP contribution in [0, 0.1) is 11.8 Å². The SMILES string of the molecule is COc1ccc(N2CC(C(=O)CC(C)C)CC2=O)cc1. The largest absolute Gasteiger partial charge is 0.497 e. The second kappa shape index (κ2) is 6.07. The van der Waals surface area contributed by atoms with E-state index in [2.05, 4.69) is 0 Å². The maximum absolute atomic E-state index is 12.1. The Balaban J connectivity index is 2.06. The van der Waals surface area contributed by atoms with Crippen LogP contribution >= 0.6 is 0 Å². The molecule has 0 N–H and O–H groups in total. The number of nitrogens with zero attached hydrogens (tertiary/aromatic N) is 1. The normalized spacial score (nSPS) is 18.7. The van der Waals surface area contributed by atoms with Crippen LogP contribution in [0.3, 0.4) is 0 Å². The van der Waals surface area contributed by atoms with Crippen molar-refractivity contribution in [3.05, 3.63) is 24.3 Å². The zero-order valence-corrected chi connectivity index (χ0v) is 12.3. The Morgan fingerprint density at radius 1 is 1.35 bits per heavy atom. The second-order valence-corrected chi connectivity index (χ2v) is 5.67. The maximum atomic E-state index is 12.1.